The molecule has 1 aromatic carbocycles. The minimum atomic E-state index is -0.241. The third-order valence-corrected chi connectivity index (χ3v) is 3.64. The molecule has 0 saturated carbocycles. The van der Waals surface area contributed by atoms with E-state index in [1.807, 2.05) is 0 Å². The predicted molar refractivity (Wildman–Crippen MR) is 78.0 cm³/mol. The molecule has 0 saturated heterocycles. The summed E-state index contributed by atoms with van der Waals surface area (Å²) >= 11 is 0. The van der Waals surface area contributed by atoms with E-state index in [-0.39, 0.29) is 23.2 Å². The highest BCUT2D eigenvalue weighted by molar-refractivity contribution is 6.21. The maximum Gasteiger partial charge on any atom is 0.261 e. The maximum atomic E-state index is 12.1. The van der Waals surface area contributed by atoms with Crippen molar-refractivity contribution >= 4 is 11.8 Å². The van der Waals surface area contributed by atoms with Gasteiger partial charge in [0.05, 0.1) is 17.8 Å². The van der Waals surface area contributed by atoms with Gasteiger partial charge in [-0.15, -0.1) is 0 Å². The molecule has 0 unspecified atom stereocenters. The third kappa shape index (κ3) is 4.09. The van der Waals surface area contributed by atoms with E-state index in [0.717, 1.165) is 32.1 Å². The van der Waals surface area contributed by atoms with Crippen LogP contribution in [-0.2, 0) is 0 Å². The van der Waals surface area contributed by atoms with Gasteiger partial charge in [-0.1, -0.05) is 37.8 Å². The lowest BCUT2D eigenvalue weighted by atomic mass is 10.1. The highest BCUT2D eigenvalue weighted by atomic mass is 19.1. The Morgan fingerprint density at radius 1 is 0.810 bits per heavy atom. The number of benzene rings is 1. The molecule has 0 aliphatic carbocycles. The van der Waals surface area contributed by atoms with Crippen LogP contribution in [0.15, 0.2) is 24.3 Å². The first-order chi connectivity index (χ1) is 9.75. The Bertz CT molecular complexity index is 456. The molecule has 2 rings (SSSR count). The lowest BCUT2D eigenvalue weighted by molar-refractivity contribution is 0.0651. The van der Waals surface area contributed by atoms with Crippen LogP contribution >= 0.6 is 0 Å². The number of amides is 2. The SMILES string of the molecule is F.O=C1c2ccccc2C(=O)N1CCCCCCCCF. The van der Waals surface area contributed by atoms with Crippen molar-refractivity contribution in [3.05, 3.63) is 35.4 Å². The van der Waals surface area contributed by atoms with E-state index in [1.165, 1.54) is 4.90 Å². The van der Waals surface area contributed by atoms with Gasteiger partial charge in [-0.05, 0) is 25.0 Å². The van der Waals surface area contributed by atoms with Crippen molar-refractivity contribution in [2.75, 3.05) is 13.2 Å². The van der Waals surface area contributed by atoms with Gasteiger partial charge in [0.15, 0.2) is 0 Å². The number of unbranched alkanes of at least 4 members (excludes halogenated alkanes) is 5. The van der Waals surface area contributed by atoms with Crippen molar-refractivity contribution < 1.29 is 18.7 Å². The van der Waals surface area contributed by atoms with Crippen LogP contribution in [0.3, 0.4) is 0 Å². The zero-order chi connectivity index (χ0) is 14.4. The number of alkyl halides is 1. The minimum absolute atomic E-state index is 0. The van der Waals surface area contributed by atoms with Crippen molar-refractivity contribution in [1.29, 1.82) is 0 Å². The molecule has 0 atom stereocenters. The molecule has 21 heavy (non-hydrogen) atoms. The molecule has 116 valence electrons. The molecular weight excluding hydrogens is 276 g/mol. The van der Waals surface area contributed by atoms with E-state index in [9.17, 15) is 14.0 Å². The summed E-state index contributed by atoms with van der Waals surface area (Å²) in [6, 6.07) is 6.95. The van der Waals surface area contributed by atoms with Gasteiger partial charge in [0.1, 0.15) is 0 Å². The molecule has 0 radical (unpaired) electrons. The second-order valence-electron chi connectivity index (χ2n) is 5.12. The normalized spacial score (nSPS) is 13.3. The summed E-state index contributed by atoms with van der Waals surface area (Å²) in [5, 5.41) is 0. The fourth-order valence-electron chi connectivity index (χ4n) is 2.51. The van der Waals surface area contributed by atoms with Crippen LogP contribution in [0, 0.1) is 0 Å². The van der Waals surface area contributed by atoms with Crippen LogP contribution in [0.4, 0.5) is 9.09 Å². The average molecular weight is 297 g/mol. The predicted octanol–water partition coefficient (Wildman–Crippen LogP) is 3.75. The highest BCUT2D eigenvalue weighted by Crippen LogP contribution is 2.22. The van der Waals surface area contributed by atoms with E-state index in [1.54, 1.807) is 24.3 Å². The van der Waals surface area contributed by atoms with E-state index < -0.39 is 0 Å². The quantitative estimate of drug-likeness (QED) is 0.541. The number of carbonyl (C=O) groups excluding carboxylic acids is 2. The largest absolute Gasteiger partial charge is 0.274 e. The fourth-order valence-corrected chi connectivity index (χ4v) is 2.51. The van der Waals surface area contributed by atoms with Crippen molar-refractivity contribution in [3.8, 4) is 0 Å². The monoisotopic (exact) mass is 297 g/mol. The molecule has 1 heterocycles. The van der Waals surface area contributed by atoms with Gasteiger partial charge >= 0.3 is 0 Å². The van der Waals surface area contributed by atoms with Crippen molar-refractivity contribution in [1.82, 2.24) is 4.90 Å². The number of fused-ring (bicyclic) bond motifs is 1. The second kappa shape index (κ2) is 8.49. The standard InChI is InChI=1S/C16H20FNO2.FH/c17-11-7-3-1-2-4-8-12-18-15(19)13-9-5-6-10-14(13)16(18)20;/h5-6,9-10H,1-4,7-8,11-12H2;1H. The Labute approximate surface area is 123 Å². The number of nitrogens with zero attached hydrogens (tertiary/aromatic N) is 1. The van der Waals surface area contributed by atoms with E-state index >= 15 is 0 Å². The first-order valence-corrected chi connectivity index (χ1v) is 7.27. The van der Waals surface area contributed by atoms with Crippen molar-refractivity contribution in [2.24, 2.45) is 0 Å². The number of rotatable bonds is 8. The third-order valence-electron chi connectivity index (χ3n) is 3.64. The molecule has 1 aliphatic heterocycles. The Morgan fingerprint density at radius 3 is 1.81 bits per heavy atom. The van der Waals surface area contributed by atoms with Gasteiger partial charge in [-0.3, -0.25) is 23.6 Å². The zero-order valence-corrected chi connectivity index (χ0v) is 12.0. The maximum absolute atomic E-state index is 12.1. The van der Waals surface area contributed by atoms with Crippen LogP contribution in [0.1, 0.15) is 59.2 Å². The molecular formula is C16H21F2NO2. The lowest BCUT2D eigenvalue weighted by Crippen LogP contribution is -2.30. The Morgan fingerprint density at radius 2 is 1.29 bits per heavy atom. The number of halogens is 2. The van der Waals surface area contributed by atoms with E-state index in [0.29, 0.717) is 24.1 Å². The summed E-state index contributed by atoms with van der Waals surface area (Å²) < 4.78 is 11.9. The van der Waals surface area contributed by atoms with Gasteiger partial charge in [-0.2, -0.15) is 0 Å². The van der Waals surface area contributed by atoms with E-state index in [4.69, 9.17) is 0 Å². The summed E-state index contributed by atoms with van der Waals surface area (Å²) in [7, 11) is 0. The summed E-state index contributed by atoms with van der Waals surface area (Å²) in [6.45, 7) is 0.241. The van der Waals surface area contributed by atoms with Gasteiger partial charge in [-0.25, -0.2) is 0 Å². The van der Waals surface area contributed by atoms with Crippen LogP contribution < -0.4 is 0 Å². The Hall–Kier alpha value is -1.78. The van der Waals surface area contributed by atoms with Gasteiger partial charge in [0, 0.05) is 6.54 Å². The smallest absolute Gasteiger partial charge is 0.261 e. The molecule has 0 bridgehead atoms. The molecule has 0 spiro atoms. The first-order valence-electron chi connectivity index (χ1n) is 7.27. The molecule has 1 aromatic rings. The van der Waals surface area contributed by atoms with Gasteiger partial charge < -0.3 is 0 Å². The molecule has 1 aliphatic rings. The summed E-state index contributed by atoms with van der Waals surface area (Å²) in [4.78, 5) is 25.5. The summed E-state index contributed by atoms with van der Waals surface area (Å²) in [6.07, 6.45) is 5.40. The molecule has 0 fully saturated rings. The van der Waals surface area contributed by atoms with Crippen molar-refractivity contribution in [2.45, 2.75) is 38.5 Å². The average Bonchev–Trinajstić information content (AvgIpc) is 2.71. The van der Waals surface area contributed by atoms with E-state index in [2.05, 4.69) is 0 Å². The lowest BCUT2D eigenvalue weighted by Gasteiger charge is -2.13. The van der Waals surface area contributed by atoms with Crippen LogP contribution in [0.2, 0.25) is 0 Å². The fraction of sp³-hybridized carbons (Fsp3) is 0.500. The molecule has 0 aromatic heterocycles. The van der Waals surface area contributed by atoms with Crippen molar-refractivity contribution in [3.63, 3.8) is 0 Å². The summed E-state index contributed by atoms with van der Waals surface area (Å²) in [5.41, 5.74) is 1.03. The molecule has 0 N–H and O–H groups in total. The van der Waals surface area contributed by atoms with Crippen LogP contribution in [0.25, 0.3) is 0 Å². The van der Waals surface area contributed by atoms with Crippen LogP contribution in [0.5, 0.6) is 0 Å². The second-order valence-corrected chi connectivity index (χ2v) is 5.12. The molecule has 3 nitrogen and oxygen atoms in total. The van der Waals surface area contributed by atoms with Gasteiger partial charge in [0.25, 0.3) is 11.8 Å². The molecule has 5 heteroatoms. The molecule has 2 amide bonds. The summed E-state index contributed by atoms with van der Waals surface area (Å²) in [5.74, 6) is -0.356. The van der Waals surface area contributed by atoms with Gasteiger partial charge in [0.2, 0.25) is 0 Å². The highest BCUT2D eigenvalue weighted by Gasteiger charge is 2.34. The van der Waals surface area contributed by atoms with Crippen LogP contribution in [-0.4, -0.2) is 29.9 Å². The Balaban J connectivity index is 0.00000220. The number of imide groups is 1. The number of hydrogen-bond donors (Lipinski definition) is 0. The Kier molecular flexibility index (Phi) is 6.99. The zero-order valence-electron chi connectivity index (χ0n) is 12.0. The topological polar surface area (TPSA) is 37.4 Å². The minimum Gasteiger partial charge on any atom is -0.274 e. The number of hydrogen-bond acceptors (Lipinski definition) is 2. The number of carbonyl (C=O) groups is 2. The first kappa shape index (κ1) is 17.3.